The maximum absolute atomic E-state index is 5.68. The van der Waals surface area contributed by atoms with Gasteiger partial charge in [0.15, 0.2) is 0 Å². The highest BCUT2D eigenvalue weighted by Crippen LogP contribution is 2.23. The van der Waals surface area contributed by atoms with Crippen LogP contribution in [0.4, 0.5) is 0 Å². The summed E-state index contributed by atoms with van der Waals surface area (Å²) in [7, 11) is 0. The molecule has 1 aliphatic rings. The van der Waals surface area contributed by atoms with Gasteiger partial charge < -0.3 is 14.4 Å². The van der Waals surface area contributed by atoms with Crippen LogP contribution in [-0.4, -0.2) is 43.3 Å². The molecule has 1 heterocycles. The van der Waals surface area contributed by atoms with Crippen LogP contribution in [0.3, 0.4) is 0 Å². The number of epoxide rings is 1. The Morgan fingerprint density at radius 2 is 1.83 bits per heavy atom. The highest BCUT2D eigenvalue weighted by atomic mass is 16.6. The van der Waals surface area contributed by atoms with Crippen molar-refractivity contribution in [2.45, 2.75) is 32.7 Å². The monoisotopic (exact) mass is 249 g/mol. The second-order valence-electron chi connectivity index (χ2n) is 4.70. The Bertz CT molecular complexity index is 338. The van der Waals surface area contributed by atoms with E-state index in [1.165, 1.54) is 5.56 Å². The van der Waals surface area contributed by atoms with Gasteiger partial charge in [0.05, 0.1) is 19.3 Å². The molecule has 0 amide bonds. The third kappa shape index (κ3) is 4.09. The summed E-state index contributed by atoms with van der Waals surface area (Å²) >= 11 is 0. The van der Waals surface area contributed by atoms with E-state index in [-0.39, 0.29) is 0 Å². The number of benzene rings is 1. The smallest absolute Gasteiger partial charge is 0.109 e. The number of hydrogen-bond acceptors (Lipinski definition) is 3. The molecular weight excluding hydrogens is 226 g/mol. The van der Waals surface area contributed by atoms with E-state index < -0.39 is 0 Å². The van der Waals surface area contributed by atoms with E-state index in [0.29, 0.717) is 25.4 Å². The number of ether oxygens (including phenoxy) is 2. The zero-order chi connectivity index (χ0) is 12.8. The van der Waals surface area contributed by atoms with Gasteiger partial charge in [-0.2, -0.15) is 0 Å². The zero-order valence-electron chi connectivity index (χ0n) is 11.3. The van der Waals surface area contributed by atoms with Crippen molar-refractivity contribution in [2.24, 2.45) is 0 Å². The van der Waals surface area contributed by atoms with E-state index in [0.717, 1.165) is 19.6 Å². The molecule has 0 unspecified atom stereocenters. The third-order valence-corrected chi connectivity index (χ3v) is 3.41. The van der Waals surface area contributed by atoms with E-state index in [2.05, 4.69) is 30.9 Å². The average molecular weight is 249 g/mol. The predicted molar refractivity (Wildman–Crippen MR) is 72.5 cm³/mol. The second kappa shape index (κ2) is 6.88. The van der Waals surface area contributed by atoms with Crippen molar-refractivity contribution in [3.05, 3.63) is 35.9 Å². The van der Waals surface area contributed by atoms with Gasteiger partial charge in [0, 0.05) is 6.54 Å². The Morgan fingerprint density at radius 1 is 1.11 bits per heavy atom. The molecule has 1 aromatic carbocycles. The first-order valence-corrected chi connectivity index (χ1v) is 6.83. The molecule has 3 heteroatoms. The van der Waals surface area contributed by atoms with Crippen LogP contribution in [0.25, 0.3) is 0 Å². The summed E-state index contributed by atoms with van der Waals surface area (Å²) in [4.78, 5) is 2.39. The standard InChI is InChI=1S/C15H23NO2/c1-3-16(4-2)10-14-15(18-14)12-17-11-13-8-6-5-7-9-13/h5-9,14-15H,3-4,10-12H2,1-2H3/t14-,15+/m0/s1. The molecule has 0 spiro atoms. The van der Waals surface area contributed by atoms with Gasteiger partial charge in [-0.15, -0.1) is 0 Å². The molecule has 0 aromatic heterocycles. The maximum atomic E-state index is 5.68. The SMILES string of the molecule is CCN(CC)C[C@@H]1O[C@@H]1COCc1ccccc1. The van der Waals surface area contributed by atoms with E-state index in [4.69, 9.17) is 9.47 Å². The minimum absolute atomic E-state index is 0.300. The highest BCUT2D eigenvalue weighted by Gasteiger charge is 2.39. The Morgan fingerprint density at radius 3 is 2.50 bits per heavy atom. The molecular formula is C15H23NO2. The summed E-state index contributed by atoms with van der Waals surface area (Å²) in [6, 6.07) is 10.3. The first-order valence-electron chi connectivity index (χ1n) is 6.83. The van der Waals surface area contributed by atoms with Crippen LogP contribution >= 0.6 is 0 Å². The Balaban J connectivity index is 1.59. The lowest BCUT2D eigenvalue weighted by molar-refractivity contribution is 0.104. The van der Waals surface area contributed by atoms with Crippen molar-refractivity contribution in [1.29, 1.82) is 0 Å². The molecule has 1 fully saturated rings. The summed E-state index contributed by atoms with van der Waals surface area (Å²) in [5, 5.41) is 0. The van der Waals surface area contributed by atoms with Crippen LogP contribution in [0, 0.1) is 0 Å². The van der Waals surface area contributed by atoms with Crippen molar-refractivity contribution < 1.29 is 9.47 Å². The largest absolute Gasteiger partial charge is 0.374 e. The van der Waals surface area contributed by atoms with Crippen molar-refractivity contribution in [1.82, 2.24) is 4.90 Å². The van der Waals surface area contributed by atoms with Crippen molar-refractivity contribution in [3.63, 3.8) is 0 Å². The van der Waals surface area contributed by atoms with E-state index in [9.17, 15) is 0 Å². The summed E-state index contributed by atoms with van der Waals surface area (Å²) in [5.74, 6) is 0. The fourth-order valence-corrected chi connectivity index (χ4v) is 2.09. The molecule has 0 bridgehead atoms. The molecule has 3 nitrogen and oxygen atoms in total. The number of hydrogen-bond donors (Lipinski definition) is 0. The zero-order valence-corrected chi connectivity index (χ0v) is 11.3. The molecule has 0 aliphatic carbocycles. The quantitative estimate of drug-likeness (QED) is 0.661. The number of nitrogens with zero attached hydrogens (tertiary/aromatic N) is 1. The van der Waals surface area contributed by atoms with Crippen molar-refractivity contribution in [3.8, 4) is 0 Å². The predicted octanol–water partition coefficient (Wildman–Crippen LogP) is 2.31. The van der Waals surface area contributed by atoms with Gasteiger partial charge in [-0.1, -0.05) is 44.2 Å². The van der Waals surface area contributed by atoms with Crippen LogP contribution < -0.4 is 0 Å². The highest BCUT2D eigenvalue weighted by molar-refractivity contribution is 5.13. The first kappa shape index (κ1) is 13.5. The summed E-state index contributed by atoms with van der Waals surface area (Å²) < 4.78 is 11.3. The van der Waals surface area contributed by atoms with E-state index >= 15 is 0 Å². The molecule has 18 heavy (non-hydrogen) atoms. The molecule has 0 radical (unpaired) electrons. The van der Waals surface area contributed by atoms with Gasteiger partial charge in [0.25, 0.3) is 0 Å². The van der Waals surface area contributed by atoms with Gasteiger partial charge >= 0.3 is 0 Å². The molecule has 1 aromatic rings. The lowest BCUT2D eigenvalue weighted by Crippen LogP contribution is -2.28. The molecule has 100 valence electrons. The van der Waals surface area contributed by atoms with Crippen molar-refractivity contribution in [2.75, 3.05) is 26.2 Å². The normalized spacial score (nSPS) is 22.4. The molecule has 1 saturated heterocycles. The van der Waals surface area contributed by atoms with Crippen LogP contribution in [0.5, 0.6) is 0 Å². The van der Waals surface area contributed by atoms with Crippen LogP contribution in [-0.2, 0) is 16.1 Å². The van der Waals surface area contributed by atoms with E-state index in [1.54, 1.807) is 0 Å². The average Bonchev–Trinajstić information content (AvgIpc) is 3.15. The summed E-state index contributed by atoms with van der Waals surface area (Å²) in [5.41, 5.74) is 1.22. The topological polar surface area (TPSA) is 25.0 Å². The fraction of sp³-hybridized carbons (Fsp3) is 0.600. The van der Waals surface area contributed by atoms with Crippen molar-refractivity contribution >= 4 is 0 Å². The number of rotatable bonds is 8. The lowest BCUT2D eigenvalue weighted by Gasteiger charge is -2.15. The lowest BCUT2D eigenvalue weighted by atomic mass is 10.2. The van der Waals surface area contributed by atoms with Crippen LogP contribution in [0.1, 0.15) is 19.4 Å². The minimum Gasteiger partial charge on any atom is -0.374 e. The molecule has 1 aliphatic heterocycles. The maximum Gasteiger partial charge on any atom is 0.109 e. The number of likely N-dealkylation sites (N-methyl/N-ethyl adjacent to an activating group) is 1. The van der Waals surface area contributed by atoms with Gasteiger partial charge in [-0.05, 0) is 18.7 Å². The molecule has 2 rings (SSSR count). The second-order valence-corrected chi connectivity index (χ2v) is 4.70. The molecule has 2 atom stereocenters. The Kier molecular flexibility index (Phi) is 5.17. The minimum atomic E-state index is 0.300. The fourth-order valence-electron chi connectivity index (χ4n) is 2.09. The van der Waals surface area contributed by atoms with E-state index in [1.807, 2.05) is 18.2 Å². The van der Waals surface area contributed by atoms with Crippen LogP contribution in [0.2, 0.25) is 0 Å². The van der Waals surface area contributed by atoms with Gasteiger partial charge in [0.1, 0.15) is 6.10 Å². The Hall–Kier alpha value is -0.900. The van der Waals surface area contributed by atoms with Gasteiger partial charge in [0.2, 0.25) is 0 Å². The third-order valence-electron chi connectivity index (χ3n) is 3.41. The Labute approximate surface area is 110 Å². The molecule has 0 N–H and O–H groups in total. The summed E-state index contributed by atoms with van der Waals surface area (Å²) in [6.07, 6.45) is 0.676. The van der Waals surface area contributed by atoms with Crippen LogP contribution in [0.15, 0.2) is 30.3 Å². The van der Waals surface area contributed by atoms with Gasteiger partial charge in [-0.25, -0.2) is 0 Å². The first-order chi connectivity index (χ1) is 8.83. The summed E-state index contributed by atoms with van der Waals surface area (Å²) in [6.45, 7) is 8.98. The molecule has 0 saturated carbocycles. The van der Waals surface area contributed by atoms with Gasteiger partial charge in [-0.3, -0.25) is 0 Å².